The zero-order chi connectivity index (χ0) is 22.2. The van der Waals surface area contributed by atoms with Gasteiger partial charge in [0.05, 0.1) is 5.56 Å². The Kier molecular flexibility index (Phi) is 7.54. The highest BCUT2D eigenvalue weighted by atomic mass is 16.2. The van der Waals surface area contributed by atoms with Crippen LogP contribution in [0.15, 0.2) is 48.8 Å². The minimum atomic E-state index is -0.306. The van der Waals surface area contributed by atoms with Crippen molar-refractivity contribution in [2.24, 2.45) is 0 Å². The Bertz CT molecular complexity index is 963. The number of piperidine rings is 1. The van der Waals surface area contributed by atoms with E-state index in [1.54, 1.807) is 25.4 Å². The van der Waals surface area contributed by atoms with E-state index in [1.807, 2.05) is 36.1 Å². The highest BCUT2D eigenvalue weighted by molar-refractivity contribution is 6.07. The highest BCUT2D eigenvalue weighted by Crippen LogP contribution is 2.18. The van der Waals surface area contributed by atoms with Gasteiger partial charge in [0.1, 0.15) is 6.54 Å². The number of aromatic nitrogens is 1. The number of hydrogen-bond donors (Lipinski definition) is 1. The van der Waals surface area contributed by atoms with Crippen molar-refractivity contribution in [1.82, 2.24) is 15.2 Å². The average Bonchev–Trinajstić information content (AvgIpc) is 2.81. The molecule has 0 unspecified atom stereocenters. The third-order valence-electron chi connectivity index (χ3n) is 5.28. The van der Waals surface area contributed by atoms with E-state index in [0.29, 0.717) is 16.8 Å². The SMILES string of the molecule is CNC(=O)c1cncc(/C=C/C(=O)N(CC(=O)N2CCCCC2)c2ccc(C)cc2)c1. The summed E-state index contributed by atoms with van der Waals surface area (Å²) in [5.41, 5.74) is 2.78. The molecule has 31 heavy (non-hydrogen) atoms. The number of pyridine rings is 1. The van der Waals surface area contributed by atoms with Crippen molar-refractivity contribution in [2.45, 2.75) is 26.2 Å². The van der Waals surface area contributed by atoms with Crippen molar-refractivity contribution in [3.05, 3.63) is 65.5 Å². The molecule has 1 aromatic carbocycles. The van der Waals surface area contributed by atoms with Gasteiger partial charge in [0.15, 0.2) is 0 Å². The van der Waals surface area contributed by atoms with Crippen LogP contribution in [0.4, 0.5) is 5.69 Å². The van der Waals surface area contributed by atoms with E-state index in [0.717, 1.165) is 37.9 Å². The molecule has 1 saturated heterocycles. The van der Waals surface area contributed by atoms with Crippen LogP contribution in [0.25, 0.3) is 6.08 Å². The van der Waals surface area contributed by atoms with Gasteiger partial charge < -0.3 is 10.2 Å². The van der Waals surface area contributed by atoms with E-state index in [4.69, 9.17) is 0 Å². The maximum absolute atomic E-state index is 13.1. The third kappa shape index (κ3) is 6.01. The zero-order valence-electron chi connectivity index (χ0n) is 18.0. The van der Waals surface area contributed by atoms with Crippen molar-refractivity contribution in [3.63, 3.8) is 0 Å². The topological polar surface area (TPSA) is 82.6 Å². The number of hydrogen-bond acceptors (Lipinski definition) is 4. The van der Waals surface area contributed by atoms with E-state index in [1.165, 1.54) is 17.2 Å². The summed E-state index contributed by atoms with van der Waals surface area (Å²) in [6.45, 7) is 3.44. The number of nitrogens with zero attached hydrogens (tertiary/aromatic N) is 3. The summed E-state index contributed by atoms with van der Waals surface area (Å²) in [6, 6.07) is 9.18. The van der Waals surface area contributed by atoms with E-state index in [-0.39, 0.29) is 24.3 Å². The summed E-state index contributed by atoms with van der Waals surface area (Å²) in [5, 5.41) is 2.55. The fourth-order valence-electron chi connectivity index (χ4n) is 3.47. The Morgan fingerprint density at radius 3 is 2.48 bits per heavy atom. The summed E-state index contributed by atoms with van der Waals surface area (Å²) < 4.78 is 0. The summed E-state index contributed by atoms with van der Waals surface area (Å²) in [7, 11) is 1.55. The first-order valence-corrected chi connectivity index (χ1v) is 10.5. The van der Waals surface area contributed by atoms with Gasteiger partial charge in [0.2, 0.25) is 5.91 Å². The number of benzene rings is 1. The molecule has 0 aliphatic carbocycles. The second-order valence-electron chi connectivity index (χ2n) is 7.62. The van der Waals surface area contributed by atoms with Gasteiger partial charge in [0.25, 0.3) is 11.8 Å². The normalized spacial score (nSPS) is 13.8. The van der Waals surface area contributed by atoms with Crippen LogP contribution < -0.4 is 10.2 Å². The van der Waals surface area contributed by atoms with Gasteiger partial charge in [-0.05, 0) is 56.0 Å². The van der Waals surface area contributed by atoms with E-state index < -0.39 is 0 Å². The Morgan fingerprint density at radius 1 is 1.10 bits per heavy atom. The lowest BCUT2D eigenvalue weighted by atomic mass is 10.1. The molecule has 0 atom stereocenters. The number of rotatable bonds is 6. The van der Waals surface area contributed by atoms with Crippen LogP contribution in [-0.4, -0.2) is 54.3 Å². The van der Waals surface area contributed by atoms with Gasteiger partial charge in [0, 0.05) is 44.3 Å². The lowest BCUT2D eigenvalue weighted by molar-refractivity contribution is -0.131. The first-order chi connectivity index (χ1) is 15.0. The maximum atomic E-state index is 13.1. The molecule has 0 radical (unpaired) electrons. The first-order valence-electron chi connectivity index (χ1n) is 10.5. The molecule has 1 aromatic heterocycles. The van der Waals surface area contributed by atoms with Crippen LogP contribution >= 0.6 is 0 Å². The van der Waals surface area contributed by atoms with Gasteiger partial charge in [-0.25, -0.2) is 0 Å². The Morgan fingerprint density at radius 2 is 1.81 bits per heavy atom. The monoisotopic (exact) mass is 420 g/mol. The molecule has 3 rings (SSSR count). The number of nitrogens with one attached hydrogen (secondary N) is 1. The molecule has 0 saturated carbocycles. The van der Waals surface area contributed by atoms with E-state index >= 15 is 0 Å². The Hall–Kier alpha value is -3.48. The number of aryl methyl sites for hydroxylation is 1. The molecule has 0 bridgehead atoms. The van der Waals surface area contributed by atoms with Crippen LogP contribution in [0.2, 0.25) is 0 Å². The van der Waals surface area contributed by atoms with Crippen molar-refractivity contribution in [2.75, 3.05) is 31.6 Å². The third-order valence-corrected chi connectivity index (χ3v) is 5.28. The molecular formula is C24H28N4O3. The minimum absolute atomic E-state index is 0.0111. The molecule has 7 nitrogen and oxygen atoms in total. The zero-order valence-corrected chi connectivity index (χ0v) is 18.0. The highest BCUT2D eigenvalue weighted by Gasteiger charge is 2.22. The van der Waals surface area contributed by atoms with Crippen LogP contribution in [0.3, 0.4) is 0 Å². The fraction of sp³-hybridized carbons (Fsp3) is 0.333. The van der Waals surface area contributed by atoms with Crippen molar-refractivity contribution < 1.29 is 14.4 Å². The Labute approximate surface area is 182 Å². The summed E-state index contributed by atoms with van der Waals surface area (Å²) in [5.74, 6) is -0.604. The van der Waals surface area contributed by atoms with Crippen molar-refractivity contribution in [1.29, 1.82) is 0 Å². The summed E-state index contributed by atoms with van der Waals surface area (Å²) >= 11 is 0. The van der Waals surface area contributed by atoms with Crippen molar-refractivity contribution >= 4 is 29.5 Å². The predicted octanol–water partition coefficient (Wildman–Crippen LogP) is 2.81. The van der Waals surface area contributed by atoms with Gasteiger partial charge in [-0.1, -0.05) is 17.7 Å². The molecule has 1 aliphatic rings. The number of carbonyl (C=O) groups is 3. The molecule has 1 N–H and O–H groups in total. The lowest BCUT2D eigenvalue weighted by Gasteiger charge is -2.29. The summed E-state index contributed by atoms with van der Waals surface area (Å²) in [6.07, 6.45) is 9.19. The molecule has 2 aromatic rings. The second-order valence-corrected chi connectivity index (χ2v) is 7.62. The molecule has 1 fully saturated rings. The predicted molar refractivity (Wildman–Crippen MR) is 121 cm³/mol. The van der Waals surface area contributed by atoms with Gasteiger partial charge >= 0.3 is 0 Å². The van der Waals surface area contributed by atoms with Gasteiger partial charge in [-0.2, -0.15) is 0 Å². The quantitative estimate of drug-likeness (QED) is 0.729. The molecule has 7 heteroatoms. The van der Waals surface area contributed by atoms with Crippen molar-refractivity contribution in [3.8, 4) is 0 Å². The molecule has 162 valence electrons. The second kappa shape index (κ2) is 10.5. The number of likely N-dealkylation sites (tertiary alicyclic amines) is 1. The molecule has 3 amide bonds. The van der Waals surface area contributed by atoms with E-state index in [9.17, 15) is 14.4 Å². The number of carbonyl (C=O) groups excluding carboxylic acids is 3. The van der Waals surface area contributed by atoms with Gasteiger partial charge in [-0.3, -0.25) is 24.3 Å². The van der Waals surface area contributed by atoms with E-state index in [2.05, 4.69) is 10.3 Å². The molecule has 0 spiro atoms. The summed E-state index contributed by atoms with van der Waals surface area (Å²) in [4.78, 5) is 45.1. The van der Waals surface area contributed by atoms with Crippen LogP contribution in [0, 0.1) is 6.92 Å². The number of amides is 3. The van der Waals surface area contributed by atoms with Gasteiger partial charge in [-0.15, -0.1) is 0 Å². The molecular weight excluding hydrogens is 392 g/mol. The lowest BCUT2D eigenvalue weighted by Crippen LogP contribution is -2.44. The smallest absolute Gasteiger partial charge is 0.252 e. The average molecular weight is 421 g/mol. The largest absolute Gasteiger partial charge is 0.355 e. The van der Waals surface area contributed by atoms with Crippen LogP contribution in [0.1, 0.15) is 40.7 Å². The fourth-order valence-corrected chi connectivity index (χ4v) is 3.47. The number of anilines is 1. The molecule has 2 heterocycles. The molecule has 1 aliphatic heterocycles. The Balaban J connectivity index is 1.80. The minimum Gasteiger partial charge on any atom is -0.355 e. The van der Waals surface area contributed by atoms with Crippen LogP contribution in [0.5, 0.6) is 0 Å². The van der Waals surface area contributed by atoms with Crippen LogP contribution in [-0.2, 0) is 9.59 Å². The maximum Gasteiger partial charge on any atom is 0.252 e. The standard InChI is InChI=1S/C24H28N4O3/c1-18-6-9-21(10-7-18)28(17-23(30)27-12-4-3-5-13-27)22(29)11-8-19-14-20(16-26-15-19)24(31)25-2/h6-11,14-16H,3-5,12-13,17H2,1-2H3,(H,25,31)/b11-8+. The first kappa shape index (κ1) is 22.2.